The van der Waals surface area contributed by atoms with Crippen molar-refractivity contribution in [1.29, 1.82) is 0 Å². The molecule has 4 atom stereocenters. The molecule has 0 spiro atoms. The van der Waals surface area contributed by atoms with Gasteiger partial charge in [0.15, 0.2) is 0 Å². The van der Waals surface area contributed by atoms with Crippen molar-refractivity contribution in [3.8, 4) is 0 Å². The predicted octanol–water partition coefficient (Wildman–Crippen LogP) is 4.22. The first-order chi connectivity index (χ1) is 7.68. The number of hydrogen-bond donors (Lipinski definition) is 1. The van der Waals surface area contributed by atoms with Gasteiger partial charge in [0.1, 0.15) is 0 Å². The minimum Gasteiger partial charge on any atom is -0.307 e. The second-order valence-corrected chi connectivity index (χ2v) is 6.10. The quantitative estimate of drug-likeness (QED) is 0.830. The fraction of sp³-hybridized carbons (Fsp3) is 0.714. The van der Waals surface area contributed by atoms with Crippen LogP contribution in [0.1, 0.15) is 51.6 Å². The summed E-state index contributed by atoms with van der Waals surface area (Å²) in [6.45, 7) is 7.09. The van der Waals surface area contributed by atoms with E-state index < -0.39 is 0 Å². The van der Waals surface area contributed by atoms with E-state index in [1.54, 1.807) is 11.3 Å². The number of thiophene rings is 1. The van der Waals surface area contributed by atoms with Gasteiger partial charge in [-0.05, 0) is 47.6 Å². The van der Waals surface area contributed by atoms with Gasteiger partial charge in [-0.1, -0.05) is 26.7 Å². The highest BCUT2D eigenvalue weighted by atomic mass is 32.1. The van der Waals surface area contributed by atoms with Crippen LogP contribution in [0.25, 0.3) is 0 Å². The van der Waals surface area contributed by atoms with Gasteiger partial charge in [-0.15, -0.1) is 0 Å². The van der Waals surface area contributed by atoms with E-state index in [9.17, 15) is 0 Å². The summed E-state index contributed by atoms with van der Waals surface area (Å²) in [5.41, 5.74) is 1.44. The highest BCUT2D eigenvalue weighted by molar-refractivity contribution is 7.07. The second kappa shape index (κ2) is 5.33. The normalized spacial score (nSPS) is 32.6. The fourth-order valence-electron chi connectivity index (χ4n) is 2.76. The zero-order chi connectivity index (χ0) is 11.5. The summed E-state index contributed by atoms with van der Waals surface area (Å²) < 4.78 is 0. The molecule has 1 aliphatic rings. The van der Waals surface area contributed by atoms with Crippen LogP contribution in [0, 0.1) is 11.8 Å². The summed E-state index contributed by atoms with van der Waals surface area (Å²) in [4.78, 5) is 0. The Morgan fingerprint density at radius 3 is 2.88 bits per heavy atom. The van der Waals surface area contributed by atoms with Crippen LogP contribution in [0.2, 0.25) is 0 Å². The average Bonchev–Trinajstić information content (AvgIpc) is 2.78. The van der Waals surface area contributed by atoms with Gasteiger partial charge < -0.3 is 5.32 Å². The molecule has 1 aromatic rings. The Morgan fingerprint density at radius 1 is 1.38 bits per heavy atom. The number of nitrogens with one attached hydrogen (secondary N) is 1. The molecule has 16 heavy (non-hydrogen) atoms. The number of hydrogen-bond acceptors (Lipinski definition) is 2. The van der Waals surface area contributed by atoms with Crippen molar-refractivity contribution in [1.82, 2.24) is 5.32 Å². The first-order valence-corrected chi connectivity index (χ1v) is 7.41. The van der Waals surface area contributed by atoms with Crippen LogP contribution < -0.4 is 5.32 Å². The lowest BCUT2D eigenvalue weighted by molar-refractivity contribution is 0.196. The summed E-state index contributed by atoms with van der Waals surface area (Å²) in [6, 6.07) is 3.45. The van der Waals surface area contributed by atoms with Crippen molar-refractivity contribution in [3.05, 3.63) is 22.4 Å². The van der Waals surface area contributed by atoms with Crippen molar-refractivity contribution in [2.45, 2.75) is 52.1 Å². The van der Waals surface area contributed by atoms with Crippen LogP contribution in [0.15, 0.2) is 16.8 Å². The Kier molecular flexibility index (Phi) is 4.04. The maximum absolute atomic E-state index is 3.81. The van der Waals surface area contributed by atoms with Crippen LogP contribution in [0.5, 0.6) is 0 Å². The van der Waals surface area contributed by atoms with Crippen molar-refractivity contribution in [3.63, 3.8) is 0 Å². The molecule has 0 radical (unpaired) electrons. The van der Waals surface area contributed by atoms with E-state index in [1.165, 1.54) is 24.8 Å². The first kappa shape index (κ1) is 12.1. The molecule has 1 aromatic heterocycles. The van der Waals surface area contributed by atoms with Gasteiger partial charge >= 0.3 is 0 Å². The molecule has 1 fully saturated rings. The number of rotatable bonds is 3. The lowest BCUT2D eigenvalue weighted by atomic mass is 9.78. The molecule has 1 nitrogen and oxygen atoms in total. The summed E-state index contributed by atoms with van der Waals surface area (Å²) >= 11 is 1.79. The molecule has 0 saturated heterocycles. The first-order valence-electron chi connectivity index (χ1n) is 6.46. The Labute approximate surface area is 103 Å². The Bertz CT molecular complexity index is 307. The van der Waals surface area contributed by atoms with Crippen LogP contribution in [0.3, 0.4) is 0 Å². The van der Waals surface area contributed by atoms with E-state index in [0.717, 1.165) is 11.8 Å². The largest absolute Gasteiger partial charge is 0.307 e. The molecule has 0 aliphatic heterocycles. The Morgan fingerprint density at radius 2 is 2.19 bits per heavy atom. The third kappa shape index (κ3) is 2.67. The minimum absolute atomic E-state index is 0.504. The fourth-order valence-corrected chi connectivity index (χ4v) is 3.51. The molecule has 0 amide bonds. The minimum atomic E-state index is 0.504. The van der Waals surface area contributed by atoms with Crippen LogP contribution in [-0.2, 0) is 0 Å². The van der Waals surface area contributed by atoms with Crippen molar-refractivity contribution >= 4 is 11.3 Å². The summed E-state index contributed by atoms with van der Waals surface area (Å²) in [6.07, 6.45) is 4.14. The van der Waals surface area contributed by atoms with Crippen LogP contribution in [0.4, 0.5) is 0 Å². The van der Waals surface area contributed by atoms with E-state index >= 15 is 0 Å². The van der Waals surface area contributed by atoms with E-state index in [4.69, 9.17) is 0 Å². The summed E-state index contributed by atoms with van der Waals surface area (Å²) in [5, 5.41) is 8.23. The molecule has 2 rings (SSSR count). The molecule has 0 aromatic carbocycles. The topological polar surface area (TPSA) is 12.0 Å². The molecule has 1 heterocycles. The Hall–Kier alpha value is -0.340. The average molecular weight is 237 g/mol. The van der Waals surface area contributed by atoms with Gasteiger partial charge in [0.05, 0.1) is 0 Å². The Balaban J connectivity index is 1.93. The van der Waals surface area contributed by atoms with E-state index in [-0.39, 0.29) is 0 Å². The third-order valence-corrected chi connectivity index (χ3v) is 4.92. The van der Waals surface area contributed by atoms with Crippen molar-refractivity contribution < 1.29 is 0 Å². The van der Waals surface area contributed by atoms with Gasteiger partial charge in [0.25, 0.3) is 0 Å². The zero-order valence-electron chi connectivity index (χ0n) is 10.6. The smallest absolute Gasteiger partial charge is 0.0302 e. The standard InChI is InChI=1S/C14H23NS/c1-10-5-4-6-14(11(10)2)15-12(3)13-7-8-16-9-13/h7-12,14-15H,4-6H2,1-3H3. The highest BCUT2D eigenvalue weighted by Crippen LogP contribution is 2.31. The van der Waals surface area contributed by atoms with Crippen LogP contribution >= 0.6 is 11.3 Å². The SMILES string of the molecule is CC(NC1CCCC(C)C1C)c1ccsc1. The molecular formula is C14H23NS. The lowest BCUT2D eigenvalue weighted by Crippen LogP contribution is -2.41. The van der Waals surface area contributed by atoms with Gasteiger partial charge in [0.2, 0.25) is 0 Å². The van der Waals surface area contributed by atoms with Gasteiger partial charge in [-0.25, -0.2) is 0 Å². The van der Waals surface area contributed by atoms with Crippen LogP contribution in [-0.4, -0.2) is 6.04 Å². The molecule has 4 unspecified atom stereocenters. The monoisotopic (exact) mass is 237 g/mol. The molecule has 2 heteroatoms. The van der Waals surface area contributed by atoms with E-state index in [0.29, 0.717) is 12.1 Å². The molecule has 90 valence electrons. The summed E-state index contributed by atoms with van der Waals surface area (Å²) in [7, 11) is 0. The van der Waals surface area contributed by atoms with Gasteiger partial charge in [0, 0.05) is 12.1 Å². The lowest BCUT2D eigenvalue weighted by Gasteiger charge is -2.36. The maximum Gasteiger partial charge on any atom is 0.0302 e. The van der Waals surface area contributed by atoms with Crippen molar-refractivity contribution in [2.24, 2.45) is 11.8 Å². The molecule has 1 N–H and O–H groups in total. The predicted molar refractivity (Wildman–Crippen MR) is 71.8 cm³/mol. The van der Waals surface area contributed by atoms with E-state index in [2.05, 4.69) is 42.9 Å². The summed E-state index contributed by atoms with van der Waals surface area (Å²) in [5.74, 6) is 1.69. The molecule has 1 aliphatic carbocycles. The molecule has 0 bridgehead atoms. The maximum atomic E-state index is 3.81. The van der Waals surface area contributed by atoms with Crippen molar-refractivity contribution in [2.75, 3.05) is 0 Å². The highest BCUT2D eigenvalue weighted by Gasteiger charge is 2.27. The second-order valence-electron chi connectivity index (χ2n) is 5.32. The molecule has 1 saturated carbocycles. The van der Waals surface area contributed by atoms with E-state index in [1.807, 2.05) is 0 Å². The van der Waals surface area contributed by atoms with Gasteiger partial charge in [-0.3, -0.25) is 0 Å². The van der Waals surface area contributed by atoms with Gasteiger partial charge in [-0.2, -0.15) is 11.3 Å². The zero-order valence-corrected chi connectivity index (χ0v) is 11.4. The molecular weight excluding hydrogens is 214 g/mol. The third-order valence-electron chi connectivity index (χ3n) is 4.21.